The molecule has 0 aromatic carbocycles. The highest BCUT2D eigenvalue weighted by molar-refractivity contribution is 7.97. The van der Waals surface area contributed by atoms with Gasteiger partial charge in [-0.3, -0.25) is 0 Å². The lowest BCUT2D eigenvalue weighted by atomic mass is 9.95. The Labute approximate surface area is 92.2 Å². The highest BCUT2D eigenvalue weighted by Crippen LogP contribution is 2.26. The van der Waals surface area contributed by atoms with Crippen molar-refractivity contribution in [1.29, 1.82) is 0 Å². The molecule has 0 aromatic heterocycles. The third kappa shape index (κ3) is 4.13. The van der Waals surface area contributed by atoms with Crippen molar-refractivity contribution >= 4 is 24.6 Å². The molecule has 1 nitrogen and oxygen atoms in total. The van der Waals surface area contributed by atoms with E-state index in [-0.39, 0.29) is 0 Å². The molecule has 78 valence electrons. The minimum Gasteiger partial charge on any atom is -0.248 e. The fraction of sp³-hybridized carbons (Fsp3) is 1.00. The molecule has 0 N–H and O–H groups in total. The first-order chi connectivity index (χ1) is 6.38. The maximum absolute atomic E-state index is 4.25. The van der Waals surface area contributed by atoms with E-state index in [1.807, 2.05) is 11.9 Å². The first kappa shape index (κ1) is 11.7. The van der Waals surface area contributed by atoms with E-state index in [1.165, 1.54) is 38.6 Å². The Morgan fingerprint density at radius 2 is 2.00 bits per heavy atom. The smallest absolute Gasteiger partial charge is 0.0202 e. The maximum Gasteiger partial charge on any atom is 0.0202 e. The molecule has 1 aliphatic carbocycles. The molecule has 0 spiro atoms. The molecule has 13 heavy (non-hydrogen) atoms. The lowest BCUT2D eigenvalue weighted by Crippen LogP contribution is -2.31. The van der Waals surface area contributed by atoms with Crippen LogP contribution in [0.5, 0.6) is 0 Å². The van der Waals surface area contributed by atoms with Gasteiger partial charge in [0.05, 0.1) is 0 Å². The van der Waals surface area contributed by atoms with Gasteiger partial charge >= 0.3 is 0 Å². The van der Waals surface area contributed by atoms with E-state index in [9.17, 15) is 0 Å². The van der Waals surface area contributed by atoms with Crippen molar-refractivity contribution < 1.29 is 0 Å². The van der Waals surface area contributed by atoms with Crippen molar-refractivity contribution in [1.82, 2.24) is 4.31 Å². The Morgan fingerprint density at radius 1 is 1.31 bits per heavy atom. The van der Waals surface area contributed by atoms with Crippen LogP contribution in [0.15, 0.2) is 0 Å². The molecule has 0 heterocycles. The van der Waals surface area contributed by atoms with Crippen molar-refractivity contribution in [3.63, 3.8) is 0 Å². The number of hydrogen-bond acceptors (Lipinski definition) is 3. The van der Waals surface area contributed by atoms with Gasteiger partial charge in [0.1, 0.15) is 0 Å². The van der Waals surface area contributed by atoms with Gasteiger partial charge in [0, 0.05) is 24.1 Å². The van der Waals surface area contributed by atoms with Gasteiger partial charge in [-0.1, -0.05) is 38.1 Å². The van der Waals surface area contributed by atoms with Crippen molar-refractivity contribution in [3.05, 3.63) is 0 Å². The average molecular weight is 219 g/mol. The van der Waals surface area contributed by atoms with Crippen molar-refractivity contribution in [3.8, 4) is 0 Å². The van der Waals surface area contributed by atoms with Crippen LogP contribution in [-0.2, 0) is 0 Å². The van der Waals surface area contributed by atoms with Crippen molar-refractivity contribution in [2.24, 2.45) is 0 Å². The number of hydrogen-bond donors (Lipinski definition) is 1. The Balaban J connectivity index is 2.26. The Kier molecular flexibility index (Phi) is 6.33. The van der Waals surface area contributed by atoms with E-state index in [2.05, 4.69) is 23.9 Å². The van der Waals surface area contributed by atoms with Gasteiger partial charge in [0.2, 0.25) is 0 Å². The summed E-state index contributed by atoms with van der Waals surface area (Å²) in [5.74, 6) is 2.15. The predicted molar refractivity (Wildman–Crippen MR) is 65.6 cm³/mol. The van der Waals surface area contributed by atoms with E-state index >= 15 is 0 Å². The van der Waals surface area contributed by atoms with E-state index < -0.39 is 0 Å². The quantitative estimate of drug-likeness (QED) is 0.559. The van der Waals surface area contributed by atoms with Crippen LogP contribution in [-0.4, -0.2) is 28.4 Å². The van der Waals surface area contributed by atoms with Gasteiger partial charge in [-0.15, -0.1) is 0 Å². The third-order valence-electron chi connectivity index (χ3n) is 2.64. The van der Waals surface area contributed by atoms with Gasteiger partial charge in [0.15, 0.2) is 0 Å². The highest BCUT2D eigenvalue weighted by atomic mass is 32.2. The van der Waals surface area contributed by atoms with E-state index in [4.69, 9.17) is 0 Å². The summed E-state index contributed by atoms with van der Waals surface area (Å²) in [7, 11) is 0. The van der Waals surface area contributed by atoms with Crippen LogP contribution in [0.3, 0.4) is 0 Å². The van der Waals surface area contributed by atoms with Gasteiger partial charge in [-0.25, -0.2) is 4.31 Å². The topological polar surface area (TPSA) is 3.24 Å². The van der Waals surface area contributed by atoms with E-state index in [1.54, 1.807) is 0 Å². The summed E-state index contributed by atoms with van der Waals surface area (Å²) in [4.78, 5) is 0. The zero-order valence-electron chi connectivity index (χ0n) is 8.54. The van der Waals surface area contributed by atoms with Crippen LogP contribution < -0.4 is 0 Å². The summed E-state index contributed by atoms with van der Waals surface area (Å²) in [5.41, 5.74) is 0. The zero-order chi connectivity index (χ0) is 9.52. The molecule has 0 amide bonds. The summed E-state index contributed by atoms with van der Waals surface area (Å²) in [6, 6.07) is 0.851. The van der Waals surface area contributed by atoms with E-state index in [0.717, 1.165) is 17.5 Å². The van der Waals surface area contributed by atoms with E-state index in [0.29, 0.717) is 0 Å². The predicted octanol–water partition coefficient (Wildman–Crippen LogP) is 3.22. The van der Waals surface area contributed by atoms with Crippen LogP contribution in [0.2, 0.25) is 0 Å². The molecule has 0 atom stereocenters. The van der Waals surface area contributed by atoms with Gasteiger partial charge in [-0.05, 0) is 12.8 Å². The number of nitrogens with zero attached hydrogens (tertiary/aromatic N) is 1. The fourth-order valence-electron chi connectivity index (χ4n) is 1.98. The second-order valence-electron chi connectivity index (χ2n) is 3.58. The molecule has 0 bridgehead atoms. The normalized spacial score (nSPS) is 19.6. The van der Waals surface area contributed by atoms with Crippen LogP contribution in [0.25, 0.3) is 0 Å². The lowest BCUT2D eigenvalue weighted by Gasteiger charge is -2.32. The molecule has 0 radical (unpaired) electrons. The molecule has 0 unspecified atom stereocenters. The minimum absolute atomic E-state index is 0.851. The maximum atomic E-state index is 4.25. The second kappa shape index (κ2) is 7.02. The first-order valence-electron chi connectivity index (χ1n) is 5.39. The molecule has 0 saturated heterocycles. The van der Waals surface area contributed by atoms with Crippen LogP contribution in [0.4, 0.5) is 0 Å². The largest absolute Gasteiger partial charge is 0.248 e. The molecular weight excluding hydrogens is 198 g/mol. The van der Waals surface area contributed by atoms with Crippen LogP contribution >= 0.6 is 24.6 Å². The number of rotatable bonds is 5. The Hall–Kier alpha value is 0.660. The van der Waals surface area contributed by atoms with Crippen LogP contribution in [0, 0.1) is 0 Å². The molecule has 1 fully saturated rings. The number of thiol groups is 1. The van der Waals surface area contributed by atoms with Gasteiger partial charge in [-0.2, -0.15) is 12.6 Å². The first-order valence-corrected chi connectivity index (χ1v) is 6.96. The minimum atomic E-state index is 0.851. The molecule has 1 saturated carbocycles. The summed E-state index contributed by atoms with van der Waals surface area (Å²) in [6.07, 6.45) is 7.14. The highest BCUT2D eigenvalue weighted by Gasteiger charge is 2.19. The summed E-state index contributed by atoms with van der Waals surface area (Å²) >= 11 is 6.24. The third-order valence-corrected chi connectivity index (χ3v) is 4.44. The molecule has 0 aliphatic heterocycles. The second-order valence-corrected chi connectivity index (χ2v) is 5.16. The molecule has 1 aliphatic rings. The summed E-state index contributed by atoms with van der Waals surface area (Å²) in [5, 5.41) is 0. The lowest BCUT2D eigenvalue weighted by molar-refractivity contribution is 0.281. The summed E-state index contributed by atoms with van der Waals surface area (Å²) in [6.45, 7) is 3.45. The summed E-state index contributed by atoms with van der Waals surface area (Å²) < 4.78 is 2.56. The monoisotopic (exact) mass is 219 g/mol. The molecule has 0 aromatic rings. The van der Waals surface area contributed by atoms with Crippen LogP contribution in [0.1, 0.15) is 39.0 Å². The fourth-order valence-corrected chi connectivity index (χ4v) is 3.15. The van der Waals surface area contributed by atoms with Gasteiger partial charge in [0.25, 0.3) is 0 Å². The Morgan fingerprint density at radius 3 is 2.54 bits per heavy atom. The van der Waals surface area contributed by atoms with Crippen molar-refractivity contribution in [2.75, 3.05) is 18.1 Å². The molecule has 3 heteroatoms. The average Bonchev–Trinajstić information content (AvgIpc) is 2.21. The molecule has 1 rings (SSSR count). The SMILES string of the molecule is CCN(SCCS)C1CCCCC1. The zero-order valence-corrected chi connectivity index (χ0v) is 10.2. The Bertz CT molecular complexity index is 124. The molecular formula is C10H21NS2. The van der Waals surface area contributed by atoms with Gasteiger partial charge < -0.3 is 0 Å². The van der Waals surface area contributed by atoms with Crippen molar-refractivity contribution in [2.45, 2.75) is 45.1 Å². The standard InChI is InChI=1S/C10H21NS2/c1-2-11(13-9-8-12)10-6-4-3-5-7-10/h10,12H,2-9H2,1H3.